The lowest BCUT2D eigenvalue weighted by Crippen LogP contribution is -2.27. The molecule has 3 aromatic rings. The van der Waals surface area contributed by atoms with Gasteiger partial charge < -0.3 is 5.32 Å². The highest BCUT2D eigenvalue weighted by molar-refractivity contribution is 8.00. The molecule has 0 fully saturated rings. The minimum atomic E-state index is -3.68. The molecule has 0 aliphatic carbocycles. The molecule has 0 saturated carbocycles. The van der Waals surface area contributed by atoms with Crippen molar-refractivity contribution in [3.05, 3.63) is 47.6 Å². The number of nitrogens with two attached hydrogens (primary N) is 1. The Hall–Kier alpha value is -2.01. The van der Waals surface area contributed by atoms with E-state index in [1.165, 1.54) is 41.6 Å². The number of aromatic nitrogens is 2. The summed E-state index contributed by atoms with van der Waals surface area (Å²) in [6.07, 6.45) is 2.11. The standard InChI is InChI=1S/C16H16N4O3S3/c17-26(22,23)12-3-1-11(2-4-12)5-7-18-14(21)9-25-16-13-6-8-24-15(13)19-10-20-16/h1-4,6,8,10H,5,7,9H2,(H,18,21)(H2,17,22,23). The summed E-state index contributed by atoms with van der Waals surface area (Å²) < 4.78 is 22.4. The molecule has 7 nitrogen and oxygen atoms in total. The SMILES string of the molecule is NS(=O)(=O)c1ccc(CCNC(=O)CSc2ncnc3sccc23)cc1. The number of thiophene rings is 1. The van der Waals surface area contributed by atoms with E-state index in [9.17, 15) is 13.2 Å². The van der Waals surface area contributed by atoms with Crippen molar-refractivity contribution in [2.24, 2.45) is 5.14 Å². The zero-order chi connectivity index (χ0) is 18.6. The molecule has 0 radical (unpaired) electrons. The third-order valence-electron chi connectivity index (χ3n) is 3.55. The average Bonchev–Trinajstić information content (AvgIpc) is 3.09. The quantitative estimate of drug-likeness (QED) is 0.455. The van der Waals surface area contributed by atoms with Crippen molar-refractivity contribution in [2.75, 3.05) is 12.3 Å². The Kier molecular flexibility index (Phi) is 5.87. The van der Waals surface area contributed by atoms with Crippen LogP contribution in [0.5, 0.6) is 0 Å². The molecule has 26 heavy (non-hydrogen) atoms. The van der Waals surface area contributed by atoms with Gasteiger partial charge in [0.2, 0.25) is 15.9 Å². The molecule has 0 aliphatic heterocycles. The van der Waals surface area contributed by atoms with E-state index in [4.69, 9.17) is 5.14 Å². The Morgan fingerprint density at radius 3 is 2.69 bits per heavy atom. The lowest BCUT2D eigenvalue weighted by Gasteiger charge is -2.06. The Morgan fingerprint density at radius 2 is 1.96 bits per heavy atom. The van der Waals surface area contributed by atoms with E-state index in [2.05, 4.69) is 15.3 Å². The van der Waals surface area contributed by atoms with Gasteiger partial charge in [-0.15, -0.1) is 11.3 Å². The summed E-state index contributed by atoms with van der Waals surface area (Å²) in [6, 6.07) is 8.25. The fourth-order valence-corrected chi connectivity index (χ4v) is 4.38. The number of hydrogen-bond acceptors (Lipinski definition) is 7. The van der Waals surface area contributed by atoms with E-state index in [0.29, 0.717) is 13.0 Å². The van der Waals surface area contributed by atoms with Crippen molar-refractivity contribution in [1.29, 1.82) is 0 Å². The number of nitrogens with one attached hydrogen (secondary N) is 1. The predicted molar refractivity (Wildman–Crippen MR) is 103 cm³/mol. The van der Waals surface area contributed by atoms with E-state index in [1.807, 2.05) is 11.4 Å². The van der Waals surface area contributed by atoms with Crippen molar-refractivity contribution in [3.8, 4) is 0 Å². The second kappa shape index (κ2) is 8.12. The number of carbonyl (C=O) groups is 1. The molecule has 1 amide bonds. The minimum absolute atomic E-state index is 0.0753. The summed E-state index contributed by atoms with van der Waals surface area (Å²) in [5.41, 5.74) is 0.918. The maximum absolute atomic E-state index is 12.0. The monoisotopic (exact) mass is 408 g/mol. The van der Waals surface area contributed by atoms with Gasteiger partial charge in [-0.3, -0.25) is 4.79 Å². The van der Waals surface area contributed by atoms with E-state index in [1.54, 1.807) is 12.1 Å². The van der Waals surface area contributed by atoms with Crippen LogP contribution in [0.2, 0.25) is 0 Å². The van der Waals surface area contributed by atoms with Crippen LogP contribution in [0, 0.1) is 0 Å². The van der Waals surface area contributed by atoms with Crippen LogP contribution >= 0.6 is 23.1 Å². The number of amides is 1. The van der Waals surface area contributed by atoms with Gasteiger partial charge in [0, 0.05) is 11.9 Å². The first-order valence-electron chi connectivity index (χ1n) is 7.63. The van der Waals surface area contributed by atoms with Crippen LogP contribution in [0.15, 0.2) is 52.0 Å². The molecule has 2 aromatic heterocycles. The van der Waals surface area contributed by atoms with Crippen LogP contribution in [-0.4, -0.2) is 36.6 Å². The number of fused-ring (bicyclic) bond motifs is 1. The van der Waals surface area contributed by atoms with E-state index >= 15 is 0 Å². The number of benzene rings is 1. The van der Waals surface area contributed by atoms with Crippen LogP contribution in [-0.2, 0) is 21.2 Å². The third-order valence-corrected chi connectivity index (χ3v) is 6.31. The fraction of sp³-hybridized carbons (Fsp3) is 0.188. The van der Waals surface area contributed by atoms with Gasteiger partial charge in [-0.25, -0.2) is 23.5 Å². The highest BCUT2D eigenvalue weighted by Gasteiger charge is 2.09. The smallest absolute Gasteiger partial charge is 0.238 e. The summed E-state index contributed by atoms with van der Waals surface area (Å²) in [6.45, 7) is 0.464. The van der Waals surface area contributed by atoms with Crippen LogP contribution in [0.1, 0.15) is 5.56 Å². The summed E-state index contributed by atoms with van der Waals surface area (Å²) in [5.74, 6) is 0.185. The first kappa shape index (κ1) is 18.8. The van der Waals surface area contributed by atoms with Crippen LogP contribution in [0.25, 0.3) is 10.2 Å². The predicted octanol–water partition coefficient (Wildman–Crippen LogP) is 1.79. The third kappa shape index (κ3) is 4.79. The number of thioether (sulfide) groups is 1. The fourth-order valence-electron chi connectivity index (χ4n) is 2.26. The number of carbonyl (C=O) groups excluding carboxylic acids is 1. The molecular weight excluding hydrogens is 392 g/mol. The van der Waals surface area contributed by atoms with Crippen molar-refractivity contribution < 1.29 is 13.2 Å². The second-order valence-electron chi connectivity index (χ2n) is 5.40. The van der Waals surface area contributed by atoms with Gasteiger partial charge in [0.15, 0.2) is 0 Å². The Morgan fingerprint density at radius 1 is 1.19 bits per heavy atom. The zero-order valence-electron chi connectivity index (χ0n) is 13.6. The Labute approximate surface area is 159 Å². The zero-order valence-corrected chi connectivity index (χ0v) is 16.0. The first-order chi connectivity index (χ1) is 12.4. The molecule has 10 heteroatoms. The number of nitrogens with zero attached hydrogens (tertiary/aromatic N) is 2. The van der Waals surface area contributed by atoms with E-state index in [-0.39, 0.29) is 16.6 Å². The van der Waals surface area contributed by atoms with Gasteiger partial charge in [0.25, 0.3) is 0 Å². The number of sulfonamides is 1. The maximum Gasteiger partial charge on any atom is 0.238 e. The molecule has 3 rings (SSSR count). The molecule has 1 aromatic carbocycles. The normalized spacial score (nSPS) is 11.6. The highest BCUT2D eigenvalue weighted by Crippen LogP contribution is 2.27. The van der Waals surface area contributed by atoms with Crippen molar-refractivity contribution in [3.63, 3.8) is 0 Å². The molecule has 0 atom stereocenters. The Balaban J connectivity index is 1.46. The summed E-state index contributed by atoms with van der Waals surface area (Å²) in [4.78, 5) is 21.4. The topological polar surface area (TPSA) is 115 Å². The largest absolute Gasteiger partial charge is 0.355 e. The van der Waals surface area contributed by atoms with Gasteiger partial charge in [0.05, 0.1) is 10.6 Å². The molecule has 0 spiro atoms. The van der Waals surface area contributed by atoms with E-state index in [0.717, 1.165) is 20.8 Å². The van der Waals surface area contributed by atoms with Crippen molar-refractivity contribution >= 4 is 49.2 Å². The maximum atomic E-state index is 12.0. The lowest BCUT2D eigenvalue weighted by molar-refractivity contribution is -0.118. The van der Waals surface area contributed by atoms with Gasteiger partial charge in [-0.1, -0.05) is 23.9 Å². The second-order valence-corrected chi connectivity index (χ2v) is 8.82. The molecule has 0 bridgehead atoms. The van der Waals surface area contributed by atoms with Gasteiger partial charge in [-0.2, -0.15) is 0 Å². The van der Waals surface area contributed by atoms with Gasteiger partial charge >= 0.3 is 0 Å². The highest BCUT2D eigenvalue weighted by atomic mass is 32.2. The molecule has 3 N–H and O–H groups in total. The molecule has 0 aliphatic rings. The molecular formula is C16H16N4O3S3. The van der Waals surface area contributed by atoms with Crippen molar-refractivity contribution in [1.82, 2.24) is 15.3 Å². The number of rotatable bonds is 7. The molecule has 0 unspecified atom stereocenters. The summed E-state index contributed by atoms with van der Waals surface area (Å²) in [5, 5.41) is 11.6. The lowest BCUT2D eigenvalue weighted by atomic mass is 10.1. The molecule has 136 valence electrons. The van der Waals surface area contributed by atoms with Crippen molar-refractivity contribution in [2.45, 2.75) is 16.3 Å². The molecule has 0 saturated heterocycles. The number of hydrogen-bond donors (Lipinski definition) is 2. The average molecular weight is 409 g/mol. The summed E-state index contributed by atoms with van der Waals surface area (Å²) >= 11 is 2.92. The molecule has 2 heterocycles. The Bertz CT molecular complexity index is 1020. The van der Waals surface area contributed by atoms with Gasteiger partial charge in [0.1, 0.15) is 16.2 Å². The number of primary sulfonamides is 1. The van der Waals surface area contributed by atoms with Crippen LogP contribution in [0.4, 0.5) is 0 Å². The van der Waals surface area contributed by atoms with Crippen LogP contribution in [0.3, 0.4) is 0 Å². The van der Waals surface area contributed by atoms with E-state index < -0.39 is 10.0 Å². The van der Waals surface area contributed by atoms with Gasteiger partial charge in [-0.05, 0) is 35.6 Å². The van der Waals surface area contributed by atoms with Crippen LogP contribution < -0.4 is 10.5 Å². The first-order valence-corrected chi connectivity index (χ1v) is 11.0. The summed E-state index contributed by atoms with van der Waals surface area (Å²) in [7, 11) is -3.68. The minimum Gasteiger partial charge on any atom is -0.355 e.